The van der Waals surface area contributed by atoms with Crippen LogP contribution in [-0.2, 0) is 4.74 Å². The van der Waals surface area contributed by atoms with E-state index in [2.05, 4.69) is 0 Å². The van der Waals surface area contributed by atoms with E-state index in [1.165, 1.54) is 0 Å². The SMILES string of the molecule is CCOC(=O)c1ccccc1/C=C/c1ccccc1. The zero-order valence-corrected chi connectivity index (χ0v) is 10.9. The number of rotatable bonds is 4. The third-order valence-corrected chi connectivity index (χ3v) is 2.71. The van der Waals surface area contributed by atoms with Gasteiger partial charge < -0.3 is 4.74 Å². The van der Waals surface area contributed by atoms with E-state index in [9.17, 15) is 4.79 Å². The minimum absolute atomic E-state index is 0.282. The van der Waals surface area contributed by atoms with E-state index in [4.69, 9.17) is 4.74 Å². The van der Waals surface area contributed by atoms with E-state index in [1.807, 2.05) is 60.7 Å². The zero-order valence-electron chi connectivity index (χ0n) is 10.9. The molecule has 0 aliphatic carbocycles. The minimum Gasteiger partial charge on any atom is -0.462 e. The summed E-state index contributed by atoms with van der Waals surface area (Å²) in [6.45, 7) is 2.19. The summed E-state index contributed by atoms with van der Waals surface area (Å²) in [5, 5.41) is 0. The number of carbonyl (C=O) groups is 1. The van der Waals surface area contributed by atoms with Gasteiger partial charge in [0.25, 0.3) is 0 Å². The van der Waals surface area contributed by atoms with Gasteiger partial charge in [-0.05, 0) is 24.1 Å². The Bertz CT molecular complexity index is 571. The maximum Gasteiger partial charge on any atom is 0.338 e. The second-order valence-electron chi connectivity index (χ2n) is 4.05. The molecule has 0 N–H and O–H groups in total. The molecule has 0 aliphatic rings. The van der Waals surface area contributed by atoms with E-state index in [0.29, 0.717) is 12.2 Å². The molecule has 0 amide bonds. The van der Waals surface area contributed by atoms with Crippen molar-refractivity contribution < 1.29 is 9.53 Å². The van der Waals surface area contributed by atoms with Crippen LogP contribution in [0.5, 0.6) is 0 Å². The largest absolute Gasteiger partial charge is 0.462 e. The van der Waals surface area contributed by atoms with E-state index in [-0.39, 0.29) is 5.97 Å². The van der Waals surface area contributed by atoms with Gasteiger partial charge in [0.05, 0.1) is 12.2 Å². The molecule has 96 valence electrons. The standard InChI is InChI=1S/C17H16O2/c1-2-19-17(18)16-11-7-6-10-15(16)13-12-14-8-4-3-5-9-14/h3-13H,2H2,1H3/b13-12+. The van der Waals surface area contributed by atoms with Gasteiger partial charge >= 0.3 is 5.97 Å². The summed E-state index contributed by atoms with van der Waals surface area (Å²) in [5.74, 6) is -0.282. The Balaban J connectivity index is 2.25. The molecule has 2 nitrogen and oxygen atoms in total. The third-order valence-electron chi connectivity index (χ3n) is 2.71. The molecule has 0 saturated carbocycles. The topological polar surface area (TPSA) is 26.3 Å². The van der Waals surface area contributed by atoms with Crippen LogP contribution in [-0.4, -0.2) is 12.6 Å². The molecular formula is C17H16O2. The fraction of sp³-hybridized carbons (Fsp3) is 0.118. The highest BCUT2D eigenvalue weighted by Gasteiger charge is 2.09. The Kier molecular flexibility index (Phi) is 4.51. The molecule has 2 aromatic carbocycles. The first-order valence-corrected chi connectivity index (χ1v) is 6.30. The average Bonchev–Trinajstić information content (AvgIpc) is 2.47. The molecule has 0 saturated heterocycles. The number of ether oxygens (including phenoxy) is 1. The predicted octanol–water partition coefficient (Wildman–Crippen LogP) is 4.03. The van der Waals surface area contributed by atoms with E-state index in [1.54, 1.807) is 13.0 Å². The van der Waals surface area contributed by atoms with Crippen LogP contribution in [0.4, 0.5) is 0 Å². The van der Waals surface area contributed by atoms with E-state index in [0.717, 1.165) is 11.1 Å². The Morgan fingerprint density at radius 2 is 1.68 bits per heavy atom. The van der Waals surface area contributed by atoms with E-state index >= 15 is 0 Å². The molecule has 2 heteroatoms. The Hall–Kier alpha value is -2.35. The zero-order chi connectivity index (χ0) is 13.5. The molecule has 0 bridgehead atoms. The smallest absolute Gasteiger partial charge is 0.338 e. The molecule has 0 aliphatic heterocycles. The number of carbonyl (C=O) groups excluding carboxylic acids is 1. The van der Waals surface area contributed by atoms with Gasteiger partial charge in [0, 0.05) is 0 Å². The molecular weight excluding hydrogens is 236 g/mol. The molecule has 0 atom stereocenters. The molecule has 19 heavy (non-hydrogen) atoms. The number of hydrogen-bond donors (Lipinski definition) is 0. The quantitative estimate of drug-likeness (QED) is 0.606. The Labute approximate surface area is 113 Å². The summed E-state index contributed by atoms with van der Waals surface area (Å²) in [4.78, 5) is 11.8. The summed E-state index contributed by atoms with van der Waals surface area (Å²) in [6.07, 6.45) is 3.92. The molecule has 2 aromatic rings. The second-order valence-corrected chi connectivity index (χ2v) is 4.05. The van der Waals surface area contributed by atoms with Gasteiger partial charge in [0.15, 0.2) is 0 Å². The highest BCUT2D eigenvalue weighted by atomic mass is 16.5. The Morgan fingerprint density at radius 3 is 2.42 bits per heavy atom. The molecule has 2 rings (SSSR count). The highest BCUT2D eigenvalue weighted by molar-refractivity contribution is 5.94. The lowest BCUT2D eigenvalue weighted by Gasteiger charge is -2.05. The maximum absolute atomic E-state index is 11.8. The highest BCUT2D eigenvalue weighted by Crippen LogP contribution is 2.14. The lowest BCUT2D eigenvalue weighted by molar-refractivity contribution is 0.0526. The van der Waals surface area contributed by atoms with Crippen molar-refractivity contribution >= 4 is 18.1 Å². The van der Waals surface area contributed by atoms with Crippen LogP contribution in [0, 0.1) is 0 Å². The van der Waals surface area contributed by atoms with Crippen LogP contribution in [0.3, 0.4) is 0 Å². The summed E-state index contributed by atoms with van der Waals surface area (Å²) < 4.78 is 5.05. The van der Waals surface area contributed by atoms with Crippen LogP contribution in [0.2, 0.25) is 0 Å². The summed E-state index contributed by atoms with van der Waals surface area (Å²) in [7, 11) is 0. The fourth-order valence-corrected chi connectivity index (χ4v) is 1.79. The van der Waals surface area contributed by atoms with Crippen molar-refractivity contribution in [3.05, 3.63) is 71.3 Å². The van der Waals surface area contributed by atoms with Crippen LogP contribution >= 0.6 is 0 Å². The number of hydrogen-bond acceptors (Lipinski definition) is 2. The first-order chi connectivity index (χ1) is 9.31. The number of benzene rings is 2. The van der Waals surface area contributed by atoms with Crippen LogP contribution in [0.1, 0.15) is 28.4 Å². The monoisotopic (exact) mass is 252 g/mol. The van der Waals surface area contributed by atoms with Crippen molar-refractivity contribution in [1.82, 2.24) is 0 Å². The normalized spacial score (nSPS) is 10.6. The maximum atomic E-state index is 11.8. The van der Waals surface area contributed by atoms with Gasteiger partial charge in [-0.25, -0.2) is 4.79 Å². The van der Waals surface area contributed by atoms with E-state index < -0.39 is 0 Å². The van der Waals surface area contributed by atoms with Crippen molar-refractivity contribution in [2.24, 2.45) is 0 Å². The van der Waals surface area contributed by atoms with Crippen LogP contribution in [0.15, 0.2) is 54.6 Å². The first kappa shape index (κ1) is 13.1. The van der Waals surface area contributed by atoms with Gasteiger partial charge in [-0.3, -0.25) is 0 Å². The van der Waals surface area contributed by atoms with Gasteiger partial charge in [-0.1, -0.05) is 60.7 Å². The van der Waals surface area contributed by atoms with Gasteiger partial charge in [0.2, 0.25) is 0 Å². The Morgan fingerprint density at radius 1 is 1.00 bits per heavy atom. The summed E-state index contributed by atoms with van der Waals surface area (Å²) >= 11 is 0. The first-order valence-electron chi connectivity index (χ1n) is 6.30. The number of esters is 1. The van der Waals surface area contributed by atoms with Crippen molar-refractivity contribution in [1.29, 1.82) is 0 Å². The predicted molar refractivity (Wildman–Crippen MR) is 77.8 cm³/mol. The van der Waals surface area contributed by atoms with Gasteiger partial charge in [-0.2, -0.15) is 0 Å². The third kappa shape index (κ3) is 3.55. The van der Waals surface area contributed by atoms with Crippen molar-refractivity contribution in [2.45, 2.75) is 6.92 Å². The van der Waals surface area contributed by atoms with Crippen LogP contribution in [0.25, 0.3) is 12.2 Å². The summed E-state index contributed by atoms with van der Waals surface area (Å²) in [6, 6.07) is 17.4. The molecule has 0 heterocycles. The average molecular weight is 252 g/mol. The molecule has 0 aromatic heterocycles. The fourth-order valence-electron chi connectivity index (χ4n) is 1.79. The second kappa shape index (κ2) is 6.55. The molecule has 0 fully saturated rings. The van der Waals surface area contributed by atoms with Crippen molar-refractivity contribution in [3.63, 3.8) is 0 Å². The minimum atomic E-state index is -0.282. The molecule has 0 radical (unpaired) electrons. The summed E-state index contributed by atoms with van der Waals surface area (Å²) in [5.41, 5.74) is 2.56. The van der Waals surface area contributed by atoms with Crippen LogP contribution < -0.4 is 0 Å². The van der Waals surface area contributed by atoms with Gasteiger partial charge in [-0.15, -0.1) is 0 Å². The lowest BCUT2D eigenvalue weighted by Crippen LogP contribution is -2.06. The van der Waals surface area contributed by atoms with Crippen molar-refractivity contribution in [2.75, 3.05) is 6.61 Å². The molecule has 0 unspecified atom stereocenters. The lowest BCUT2D eigenvalue weighted by atomic mass is 10.1. The van der Waals surface area contributed by atoms with Gasteiger partial charge in [0.1, 0.15) is 0 Å². The van der Waals surface area contributed by atoms with Crippen molar-refractivity contribution in [3.8, 4) is 0 Å². The molecule has 0 spiro atoms.